The van der Waals surface area contributed by atoms with Crippen molar-refractivity contribution in [3.63, 3.8) is 0 Å². The molecule has 1 aliphatic carbocycles. The summed E-state index contributed by atoms with van der Waals surface area (Å²) in [6, 6.07) is 0.316. The van der Waals surface area contributed by atoms with Crippen molar-refractivity contribution in [2.45, 2.75) is 89.8 Å². The molecule has 1 N–H and O–H groups in total. The molecular formula is C32H39F6N5O4. The molecule has 0 spiro atoms. The summed E-state index contributed by atoms with van der Waals surface area (Å²) in [7, 11) is 0. The molecule has 0 bridgehead atoms. The molecule has 0 radical (unpaired) electrons. The van der Waals surface area contributed by atoms with Gasteiger partial charge in [0.1, 0.15) is 17.6 Å². The van der Waals surface area contributed by atoms with Crippen molar-refractivity contribution in [3.05, 3.63) is 46.8 Å². The monoisotopic (exact) mass is 671 g/mol. The second kappa shape index (κ2) is 13.8. The number of alkyl halides is 6. The lowest BCUT2D eigenvalue weighted by molar-refractivity contribution is -0.143. The molecule has 1 aromatic heterocycles. The fraction of sp³-hybridized carbons (Fsp3) is 0.625. The van der Waals surface area contributed by atoms with Crippen LogP contribution in [0.1, 0.15) is 87.3 Å². The zero-order valence-corrected chi connectivity index (χ0v) is 26.3. The lowest BCUT2D eigenvalue weighted by atomic mass is 9.80. The smallest absolute Gasteiger partial charge is 0.416 e. The van der Waals surface area contributed by atoms with Gasteiger partial charge in [0.15, 0.2) is 5.82 Å². The van der Waals surface area contributed by atoms with Gasteiger partial charge in [-0.2, -0.15) is 26.3 Å². The molecule has 1 saturated carbocycles. The second-order valence-electron chi connectivity index (χ2n) is 12.7. The lowest BCUT2D eigenvalue weighted by Gasteiger charge is -2.33. The van der Waals surface area contributed by atoms with Gasteiger partial charge in [-0.1, -0.05) is 0 Å². The van der Waals surface area contributed by atoms with Crippen molar-refractivity contribution in [2.24, 2.45) is 11.8 Å². The maximum absolute atomic E-state index is 13.6. The minimum absolute atomic E-state index is 0.0480. The molecule has 15 heteroatoms. The Morgan fingerprint density at radius 2 is 1.60 bits per heavy atom. The van der Waals surface area contributed by atoms with E-state index in [1.54, 1.807) is 6.20 Å². The molecule has 258 valence electrons. The predicted octanol–water partition coefficient (Wildman–Crippen LogP) is 7.30. The zero-order valence-electron chi connectivity index (χ0n) is 26.3. The molecule has 0 unspecified atom stereocenters. The average molecular weight is 672 g/mol. The summed E-state index contributed by atoms with van der Waals surface area (Å²) < 4.78 is 86.9. The highest BCUT2D eigenvalue weighted by molar-refractivity contribution is 5.71. The summed E-state index contributed by atoms with van der Waals surface area (Å²) >= 11 is 0. The number of halogens is 6. The number of hydrogen-bond acceptors (Lipinski definition) is 7. The summed E-state index contributed by atoms with van der Waals surface area (Å²) in [6.07, 6.45) is -5.20. The number of amides is 1. The second-order valence-corrected chi connectivity index (χ2v) is 12.7. The van der Waals surface area contributed by atoms with Crippen LogP contribution < -0.4 is 9.80 Å². The van der Waals surface area contributed by atoms with Crippen LogP contribution in [0.4, 0.5) is 42.8 Å². The van der Waals surface area contributed by atoms with Crippen LogP contribution in [0, 0.1) is 11.8 Å². The number of carboxylic acid groups (broad SMARTS) is 1. The van der Waals surface area contributed by atoms with Gasteiger partial charge in [0.25, 0.3) is 0 Å². The van der Waals surface area contributed by atoms with Gasteiger partial charge in [0, 0.05) is 32.6 Å². The normalized spacial score (nSPS) is 23.7. The van der Waals surface area contributed by atoms with Crippen LogP contribution in [-0.2, 0) is 28.4 Å². The molecule has 1 aromatic carbocycles. The number of aromatic nitrogens is 2. The number of hydrogen-bond donors (Lipinski definition) is 1. The van der Waals surface area contributed by atoms with Gasteiger partial charge >= 0.3 is 24.4 Å². The molecule has 2 aliphatic heterocycles. The highest BCUT2D eigenvalue weighted by Crippen LogP contribution is 2.41. The van der Waals surface area contributed by atoms with Crippen molar-refractivity contribution >= 4 is 23.7 Å². The Bertz CT molecular complexity index is 1410. The minimum Gasteiger partial charge on any atom is -0.481 e. The van der Waals surface area contributed by atoms with Crippen molar-refractivity contribution < 1.29 is 45.8 Å². The number of benzene rings is 1. The number of ether oxygens (including phenoxy) is 1. The average Bonchev–Trinajstić information content (AvgIpc) is 3.64. The number of anilines is 2. The van der Waals surface area contributed by atoms with E-state index in [2.05, 4.69) is 9.80 Å². The van der Waals surface area contributed by atoms with E-state index >= 15 is 0 Å². The molecule has 9 nitrogen and oxygen atoms in total. The molecule has 3 aliphatic rings. The van der Waals surface area contributed by atoms with Gasteiger partial charge < -0.3 is 19.6 Å². The first-order chi connectivity index (χ1) is 22.1. The number of cyclic esters (lactones) is 1. The minimum atomic E-state index is -5.04. The van der Waals surface area contributed by atoms with E-state index in [0.29, 0.717) is 42.6 Å². The third-order valence-corrected chi connectivity index (χ3v) is 9.48. The molecule has 3 heterocycles. The summed E-state index contributed by atoms with van der Waals surface area (Å²) in [4.78, 5) is 39.4. The quantitative estimate of drug-likeness (QED) is 0.263. The SMILES string of the molecule is CCN(CC1CCC(CC(=O)O)CC1)c1ncc(N2CCCC2)nc1CN1C(=O)O[C@H](c2cc(C(F)(F)F)cc(C(F)(F)F)c2)[C@@H]1C. The Balaban J connectivity index is 1.41. The Morgan fingerprint density at radius 1 is 1.00 bits per heavy atom. The molecule has 1 amide bonds. The van der Waals surface area contributed by atoms with Crippen molar-refractivity contribution in [2.75, 3.05) is 36.0 Å². The topological polar surface area (TPSA) is 99.1 Å². The third kappa shape index (κ3) is 8.03. The first kappa shape index (κ1) is 34.6. The van der Waals surface area contributed by atoms with E-state index in [0.717, 1.165) is 51.6 Å². The van der Waals surface area contributed by atoms with Crippen LogP contribution in [-0.4, -0.2) is 64.3 Å². The van der Waals surface area contributed by atoms with Gasteiger partial charge in [-0.25, -0.2) is 14.8 Å². The third-order valence-electron chi connectivity index (χ3n) is 9.48. The number of carboxylic acids is 1. The van der Waals surface area contributed by atoms with Crippen molar-refractivity contribution in [3.8, 4) is 0 Å². The van der Waals surface area contributed by atoms with E-state index in [4.69, 9.17) is 19.8 Å². The Morgan fingerprint density at radius 3 is 2.15 bits per heavy atom. The molecule has 5 rings (SSSR count). The number of carbonyl (C=O) groups is 2. The lowest BCUT2D eigenvalue weighted by Crippen LogP contribution is -2.36. The van der Waals surface area contributed by atoms with Crippen LogP contribution in [0.3, 0.4) is 0 Å². The summed E-state index contributed by atoms with van der Waals surface area (Å²) in [5.74, 6) is 0.790. The standard InChI is InChI=1S/C32H39F6N5O4/c1-3-41(17-21-8-6-20(7-9-21)12-27(44)45)29-25(40-26(16-39-29)42-10-4-5-11-42)18-43-19(2)28(47-30(43)46)22-13-23(31(33,34)35)15-24(14-22)32(36,37)38/h13-16,19-21,28H,3-12,17-18H2,1-2H3,(H,44,45)/t19-,20?,21?,28-/m0/s1. The van der Waals surface area contributed by atoms with Crippen LogP contribution in [0.2, 0.25) is 0 Å². The van der Waals surface area contributed by atoms with Gasteiger partial charge in [-0.3, -0.25) is 9.69 Å². The maximum atomic E-state index is 13.6. The van der Waals surface area contributed by atoms with E-state index in [1.165, 1.54) is 11.8 Å². The van der Waals surface area contributed by atoms with Gasteiger partial charge in [-0.05, 0) is 88.0 Å². The van der Waals surface area contributed by atoms with Gasteiger partial charge in [-0.15, -0.1) is 0 Å². The Kier molecular flexibility index (Phi) is 10.1. The molecular weight excluding hydrogens is 632 g/mol. The van der Waals surface area contributed by atoms with Gasteiger partial charge in [0.2, 0.25) is 0 Å². The first-order valence-corrected chi connectivity index (χ1v) is 16.0. The van der Waals surface area contributed by atoms with Crippen LogP contribution in [0.5, 0.6) is 0 Å². The van der Waals surface area contributed by atoms with Crippen molar-refractivity contribution in [1.82, 2.24) is 14.9 Å². The van der Waals surface area contributed by atoms with E-state index < -0.39 is 53.3 Å². The van der Waals surface area contributed by atoms with Crippen LogP contribution >= 0.6 is 0 Å². The summed E-state index contributed by atoms with van der Waals surface area (Å²) in [5, 5.41) is 9.17. The van der Waals surface area contributed by atoms with Crippen molar-refractivity contribution in [1.29, 1.82) is 0 Å². The van der Waals surface area contributed by atoms with Crippen LogP contribution in [0.15, 0.2) is 24.4 Å². The molecule has 2 saturated heterocycles. The van der Waals surface area contributed by atoms with Gasteiger partial charge in [0.05, 0.1) is 29.9 Å². The highest BCUT2D eigenvalue weighted by Gasteiger charge is 2.44. The Hall–Kier alpha value is -3.78. The number of aliphatic carboxylic acids is 1. The molecule has 2 aromatic rings. The molecule has 3 fully saturated rings. The number of rotatable bonds is 10. The molecule has 2 atom stereocenters. The van der Waals surface area contributed by atoms with Crippen LogP contribution in [0.25, 0.3) is 0 Å². The Labute approximate surface area is 268 Å². The zero-order chi connectivity index (χ0) is 34.1. The number of carbonyl (C=O) groups excluding carboxylic acids is 1. The fourth-order valence-corrected chi connectivity index (χ4v) is 6.89. The van der Waals surface area contributed by atoms with E-state index in [9.17, 15) is 35.9 Å². The number of nitrogens with zero attached hydrogens (tertiary/aromatic N) is 5. The largest absolute Gasteiger partial charge is 0.481 e. The maximum Gasteiger partial charge on any atom is 0.416 e. The summed E-state index contributed by atoms with van der Waals surface area (Å²) in [6.45, 7) is 6.13. The molecule has 47 heavy (non-hydrogen) atoms. The summed E-state index contributed by atoms with van der Waals surface area (Å²) in [5.41, 5.74) is -2.92. The van der Waals surface area contributed by atoms with E-state index in [1.807, 2.05) is 6.92 Å². The fourth-order valence-electron chi connectivity index (χ4n) is 6.89. The van der Waals surface area contributed by atoms with E-state index in [-0.39, 0.29) is 30.9 Å². The predicted molar refractivity (Wildman–Crippen MR) is 160 cm³/mol. The highest BCUT2D eigenvalue weighted by atomic mass is 19.4. The first-order valence-electron chi connectivity index (χ1n) is 16.0.